The third-order valence-electron chi connectivity index (χ3n) is 22.5. The molecule has 25 heteroatoms. The van der Waals surface area contributed by atoms with E-state index >= 15 is 0 Å². The maximum absolute atomic E-state index is 11.7. The van der Waals surface area contributed by atoms with Crippen LogP contribution in [0.15, 0.2) is 78.9 Å². The van der Waals surface area contributed by atoms with E-state index in [1.54, 1.807) is 35.2 Å². The summed E-state index contributed by atoms with van der Waals surface area (Å²) in [6, 6.07) is 23.5. The lowest BCUT2D eigenvalue weighted by Gasteiger charge is -2.60. The fourth-order valence-corrected chi connectivity index (χ4v) is 16.8. The summed E-state index contributed by atoms with van der Waals surface area (Å²) in [4.78, 5) is 0. The van der Waals surface area contributed by atoms with Crippen LogP contribution < -0.4 is 20.7 Å². The maximum Gasteiger partial charge on any atom is 0.248 e. The number of likely N-dealkylation sites (N-methyl/N-ethyl adjacent to an activating group) is 3. The number of nitrogens with one attached hydrogen (secondary N) is 3. The van der Waals surface area contributed by atoms with Crippen LogP contribution in [0.3, 0.4) is 0 Å². The van der Waals surface area contributed by atoms with Gasteiger partial charge < -0.3 is 125 Å². The predicted octanol–water partition coefficient (Wildman–Crippen LogP) is 1.24. The molecule has 0 unspecified atom stereocenters. The molecule has 0 aromatic heterocycles. The molecule has 6 heterocycles. The molecule has 3 aromatic rings. The van der Waals surface area contributed by atoms with Gasteiger partial charge in [0.1, 0.15) is 59.2 Å². The lowest BCUT2D eigenvalue weighted by atomic mass is 9.73. The summed E-state index contributed by atoms with van der Waals surface area (Å²) in [5.74, 6) is -6.95. The number of fused-ring (bicyclic) bond motifs is 6. The molecular weight excluding hydrogens is 1250 g/mol. The first-order valence-corrected chi connectivity index (χ1v) is 34.7. The molecule has 9 aliphatic rings. The average Bonchev–Trinajstić information content (AvgIpc) is 0.728. The summed E-state index contributed by atoms with van der Waals surface area (Å²) < 4.78 is 59.5. The minimum Gasteiger partial charge on any atom is -0.497 e. The second-order valence-corrected chi connectivity index (χ2v) is 28.6. The van der Waals surface area contributed by atoms with Crippen molar-refractivity contribution in [2.24, 2.45) is 17.8 Å². The van der Waals surface area contributed by atoms with Crippen LogP contribution in [0, 0.1) is 24.7 Å². The van der Waals surface area contributed by atoms with E-state index in [0.29, 0.717) is 38.5 Å². The molecule has 0 spiro atoms. The second-order valence-electron chi connectivity index (χ2n) is 28.6. The Balaban J connectivity index is 0.000000157. The number of benzene rings is 3. The van der Waals surface area contributed by atoms with Gasteiger partial charge in [0.2, 0.25) is 36.2 Å². The Hall–Kier alpha value is -3.50. The van der Waals surface area contributed by atoms with Gasteiger partial charge in [-0.25, -0.2) is 0 Å². The van der Waals surface area contributed by atoms with Gasteiger partial charge in [0, 0.05) is 37.0 Å². The Kier molecular flexibility index (Phi) is 23.7. The van der Waals surface area contributed by atoms with Crippen LogP contribution in [0.1, 0.15) is 122 Å². The Morgan fingerprint density at radius 2 is 0.698 bits per heavy atom. The van der Waals surface area contributed by atoms with Gasteiger partial charge in [-0.15, -0.1) is 0 Å². The van der Waals surface area contributed by atoms with E-state index in [2.05, 4.69) is 16.0 Å². The highest BCUT2D eigenvalue weighted by Crippen LogP contribution is 2.53. The highest BCUT2D eigenvalue weighted by atomic mass is 16.8. The van der Waals surface area contributed by atoms with Gasteiger partial charge in [-0.3, -0.25) is 0 Å². The standard InChI is InChI=1S/C24H37NO8.C24H37NO7.C23H35NO7/c1-5-16-18(26)17(25-3)20-21(19(16)27)32-22-24(29,33-20)23(28,12-13(2)31-22)11-10-14-6-8-15(30-4)9-7-14;1-5-16-18(26)17(25-4)20-21(19(16)27)31-22-24(29,32-20)23(28,12-14(3)30-22)11-10-15-8-6-13(2)7-9-15;1-4-15-17(25)16(24-3)19-20(18(15)26)30-21-23(28,31-19)22(27,12-13(2)29-21)11-10-14-8-6-5-7-9-14/h6-9,13,16-22,25-29H,5,10-12H2,1-4H3;6-9,14,16-22,25-29H,5,10-12H2,1-4H3;5-9,13,15-21,24-28H,4,10-12H2,1-3H3/t13-,16-,17+,18+,19+,20-,21-,22+,23+,24-;14-,16-,17+,18+,19+,20-,21-,22+,23+,24-;13-,15-,16+,17+,18+,19-,20-,21+,22+,23-/m111/s1. The van der Waals surface area contributed by atoms with E-state index in [1.165, 1.54) is 0 Å². The number of rotatable bonds is 16. The number of aliphatic hydroxyl groups is 12. The highest BCUT2D eigenvalue weighted by molar-refractivity contribution is 5.28. The number of hydrogen-bond acceptors (Lipinski definition) is 25. The molecule has 3 aliphatic carbocycles. The Morgan fingerprint density at radius 1 is 0.406 bits per heavy atom. The molecule has 12 rings (SSSR count). The van der Waals surface area contributed by atoms with Crippen LogP contribution in [0.5, 0.6) is 5.75 Å². The minimum atomic E-state index is -2.17. The molecule has 540 valence electrons. The zero-order valence-corrected chi connectivity index (χ0v) is 57.3. The normalized spacial score (nSPS) is 46.3. The van der Waals surface area contributed by atoms with E-state index in [-0.39, 0.29) is 50.7 Å². The van der Waals surface area contributed by atoms with Crippen LogP contribution in [0.2, 0.25) is 0 Å². The second kappa shape index (κ2) is 30.2. The van der Waals surface area contributed by atoms with Gasteiger partial charge in [-0.2, -0.15) is 0 Å². The minimum absolute atomic E-state index is 0.143. The van der Waals surface area contributed by atoms with Gasteiger partial charge in [0.25, 0.3) is 0 Å². The van der Waals surface area contributed by atoms with Crippen LogP contribution in [0.25, 0.3) is 0 Å². The number of aryl methyl sites for hydroxylation is 4. The molecule has 6 aliphatic heterocycles. The monoisotopic (exact) mass is 1360 g/mol. The molecule has 30 atom stereocenters. The van der Waals surface area contributed by atoms with E-state index in [4.69, 9.17) is 47.4 Å². The molecule has 25 nitrogen and oxygen atoms in total. The van der Waals surface area contributed by atoms with E-state index in [9.17, 15) is 61.3 Å². The van der Waals surface area contributed by atoms with Crippen molar-refractivity contribution in [1.82, 2.24) is 16.0 Å². The van der Waals surface area contributed by atoms with Gasteiger partial charge in [0.15, 0.2) is 0 Å². The SMILES string of the molecule is CC[C@@H]1[C@H](O)[C@H](NC)[C@H]2O[C@]3(O)[C@H](O[C@@H]2[C@H]1O)O[C@H](C)C[C@@]3(O)CCc1ccc(C)cc1.CC[C@@H]1[C@H](O)[C@H](NC)[C@H]2O[C@]3(O)[C@H](O[C@@H]2[C@H]1O)O[C@H](C)C[C@@]3(O)CCc1ccc(OC)cc1.CC[C@@H]1[C@H](O)[C@H](NC)[C@H]2O[C@]3(O)[C@H](O[C@@H]2[C@H]1O)O[C@H](C)C[C@@]3(O)CCc1ccccc1. The number of hydrogen-bond donors (Lipinski definition) is 15. The first-order valence-electron chi connectivity index (χ1n) is 34.7. The van der Waals surface area contributed by atoms with Crippen molar-refractivity contribution in [1.29, 1.82) is 0 Å². The highest BCUT2D eigenvalue weighted by Gasteiger charge is 2.72. The first-order chi connectivity index (χ1) is 45.5. The van der Waals surface area contributed by atoms with Crippen molar-refractivity contribution in [2.75, 3.05) is 28.3 Å². The van der Waals surface area contributed by atoms with Crippen molar-refractivity contribution in [3.8, 4) is 5.75 Å². The molecule has 6 saturated heterocycles. The number of methoxy groups -OCH3 is 1. The molecule has 0 amide bonds. The molecule has 9 fully saturated rings. The summed E-state index contributed by atoms with van der Waals surface area (Å²) in [7, 11) is 6.67. The first kappa shape index (κ1) is 75.2. The Labute approximate surface area is 563 Å². The van der Waals surface area contributed by atoms with E-state index in [1.807, 2.05) is 120 Å². The lowest BCUT2D eigenvalue weighted by molar-refractivity contribution is -0.484. The fourth-order valence-electron chi connectivity index (χ4n) is 16.8. The van der Waals surface area contributed by atoms with Gasteiger partial charge >= 0.3 is 0 Å². The lowest BCUT2D eigenvalue weighted by Crippen LogP contribution is -2.78. The topological polar surface area (TPSA) is 371 Å². The smallest absolute Gasteiger partial charge is 0.248 e. The third-order valence-corrected chi connectivity index (χ3v) is 22.5. The van der Waals surface area contributed by atoms with Crippen LogP contribution >= 0.6 is 0 Å². The molecule has 96 heavy (non-hydrogen) atoms. The molecule has 15 N–H and O–H groups in total. The van der Waals surface area contributed by atoms with E-state index < -0.39 is 168 Å². The summed E-state index contributed by atoms with van der Waals surface area (Å²) in [5, 5.41) is 144. The summed E-state index contributed by atoms with van der Waals surface area (Å²) in [6.07, 6.45) is -11.3. The zero-order valence-electron chi connectivity index (χ0n) is 57.3. The van der Waals surface area contributed by atoms with Crippen molar-refractivity contribution in [3.63, 3.8) is 0 Å². The van der Waals surface area contributed by atoms with Crippen LogP contribution in [-0.2, 0) is 61.9 Å². The molecule has 3 aromatic carbocycles. The third kappa shape index (κ3) is 14.0. The predicted molar refractivity (Wildman–Crippen MR) is 347 cm³/mol. The van der Waals surface area contributed by atoms with Crippen molar-refractivity contribution in [2.45, 2.75) is 288 Å². The van der Waals surface area contributed by atoms with Crippen molar-refractivity contribution < 1.29 is 109 Å². The molecule has 3 saturated carbocycles. The van der Waals surface area contributed by atoms with E-state index in [0.717, 1.165) is 28.0 Å². The van der Waals surface area contributed by atoms with Gasteiger partial charge in [-0.1, -0.05) is 93.1 Å². The fraction of sp³-hybridized carbons (Fsp3) is 0.746. The van der Waals surface area contributed by atoms with Gasteiger partial charge in [-0.05, 0) is 135 Å². The summed E-state index contributed by atoms with van der Waals surface area (Å²) in [5.41, 5.74) is -0.741. The Morgan fingerprint density at radius 3 is 0.979 bits per heavy atom. The molecule has 0 bridgehead atoms. The zero-order chi connectivity index (χ0) is 69.6. The number of aliphatic hydroxyl groups excluding tert-OH is 6. The van der Waals surface area contributed by atoms with Gasteiger partial charge in [0.05, 0.1) is 80.2 Å². The molecular formula is C71H109N3O22. The van der Waals surface area contributed by atoms with Crippen LogP contribution in [0.4, 0.5) is 0 Å². The van der Waals surface area contributed by atoms with Crippen molar-refractivity contribution in [3.05, 3.63) is 101 Å². The summed E-state index contributed by atoms with van der Waals surface area (Å²) >= 11 is 0. The maximum atomic E-state index is 11.7. The number of ether oxygens (including phenoxy) is 10. The average molecular weight is 1360 g/mol. The quantitative estimate of drug-likeness (QED) is 0.0959. The van der Waals surface area contributed by atoms with Crippen molar-refractivity contribution >= 4 is 0 Å². The largest absolute Gasteiger partial charge is 0.497 e. The van der Waals surface area contributed by atoms with Crippen LogP contribution in [-0.4, -0.2) is 252 Å². The summed E-state index contributed by atoms with van der Waals surface area (Å²) in [6.45, 7) is 13.1. The molecule has 0 radical (unpaired) electrons. The Bertz CT molecular complexity index is 2970.